The summed E-state index contributed by atoms with van der Waals surface area (Å²) in [5.41, 5.74) is -0.415. The first-order valence-electron chi connectivity index (χ1n) is 5.20. The second-order valence-corrected chi connectivity index (χ2v) is 5.18. The summed E-state index contributed by atoms with van der Waals surface area (Å²) in [6.07, 6.45) is 0.643. The van der Waals surface area contributed by atoms with Crippen LogP contribution in [0.4, 0.5) is 4.79 Å². The molecule has 1 N–H and O–H groups in total. The summed E-state index contributed by atoms with van der Waals surface area (Å²) in [5.74, 6) is 0.583. The fraction of sp³-hybridized carbons (Fsp3) is 0.909. The van der Waals surface area contributed by atoms with Crippen LogP contribution in [0.3, 0.4) is 0 Å². The van der Waals surface area contributed by atoms with Crippen LogP contribution in [0.1, 0.15) is 48.0 Å². The molecule has 0 aromatic heterocycles. The van der Waals surface area contributed by atoms with Crippen molar-refractivity contribution in [3.8, 4) is 0 Å². The molecule has 0 bridgehead atoms. The molecule has 84 valence electrons. The van der Waals surface area contributed by atoms with Crippen molar-refractivity contribution in [3.05, 3.63) is 0 Å². The smallest absolute Gasteiger partial charge is 0.407 e. The second-order valence-electron chi connectivity index (χ2n) is 5.18. The molecule has 0 rings (SSSR count). The first kappa shape index (κ1) is 13.3. The lowest BCUT2D eigenvalue weighted by molar-refractivity contribution is 0.0503. The van der Waals surface area contributed by atoms with Crippen molar-refractivity contribution in [3.63, 3.8) is 0 Å². The van der Waals surface area contributed by atoms with Crippen LogP contribution in [-0.4, -0.2) is 17.7 Å². The number of hydrogen-bond acceptors (Lipinski definition) is 2. The lowest BCUT2D eigenvalue weighted by Crippen LogP contribution is -2.38. The van der Waals surface area contributed by atoms with Gasteiger partial charge in [0.25, 0.3) is 0 Å². The molecule has 0 aromatic carbocycles. The molecule has 0 aliphatic carbocycles. The number of carbonyl (C=O) groups excluding carboxylic acids is 1. The predicted octanol–water partition coefficient (Wildman–Crippen LogP) is 2.95. The highest BCUT2D eigenvalue weighted by atomic mass is 16.6. The summed E-state index contributed by atoms with van der Waals surface area (Å²) in [5, 5.41) is 2.81. The Balaban J connectivity index is 3.83. The molecule has 3 nitrogen and oxygen atoms in total. The standard InChI is InChI=1S/C11H23NO2/c1-8(2)7-9(3)12-10(13)14-11(4,5)6/h8-9H,7H2,1-6H3,(H,12,13)/t9-/m0/s1. The molecule has 0 aliphatic heterocycles. The van der Waals surface area contributed by atoms with Crippen molar-refractivity contribution in [2.45, 2.75) is 59.6 Å². The molecule has 0 fully saturated rings. The van der Waals surface area contributed by atoms with E-state index in [1.54, 1.807) is 0 Å². The number of nitrogens with one attached hydrogen (secondary N) is 1. The SMILES string of the molecule is CC(C)C[C@H](C)NC(=O)OC(C)(C)C. The van der Waals surface area contributed by atoms with Gasteiger partial charge in [0, 0.05) is 6.04 Å². The maximum atomic E-state index is 11.3. The molecule has 0 radical (unpaired) electrons. The number of carbonyl (C=O) groups is 1. The van der Waals surface area contributed by atoms with Gasteiger partial charge in [0.1, 0.15) is 5.60 Å². The van der Waals surface area contributed by atoms with Gasteiger partial charge in [-0.1, -0.05) is 13.8 Å². The van der Waals surface area contributed by atoms with E-state index in [1.165, 1.54) is 0 Å². The summed E-state index contributed by atoms with van der Waals surface area (Å²) in [6.45, 7) is 11.8. The van der Waals surface area contributed by atoms with Gasteiger partial charge in [-0.3, -0.25) is 0 Å². The Morgan fingerprint density at radius 3 is 2.14 bits per heavy atom. The zero-order chi connectivity index (χ0) is 11.4. The summed E-state index contributed by atoms with van der Waals surface area (Å²) in [7, 11) is 0. The molecule has 1 amide bonds. The zero-order valence-electron chi connectivity index (χ0n) is 10.2. The van der Waals surface area contributed by atoms with E-state index in [0.29, 0.717) is 5.92 Å². The topological polar surface area (TPSA) is 38.3 Å². The maximum Gasteiger partial charge on any atom is 0.407 e. The van der Waals surface area contributed by atoms with Crippen molar-refractivity contribution >= 4 is 6.09 Å². The lowest BCUT2D eigenvalue weighted by Gasteiger charge is -2.22. The third-order valence-electron chi connectivity index (χ3n) is 1.59. The van der Waals surface area contributed by atoms with Crippen LogP contribution in [-0.2, 0) is 4.74 Å². The van der Waals surface area contributed by atoms with Crippen LogP contribution < -0.4 is 5.32 Å². The van der Waals surface area contributed by atoms with Gasteiger partial charge in [0.2, 0.25) is 0 Å². The third kappa shape index (κ3) is 7.90. The first-order valence-corrected chi connectivity index (χ1v) is 5.20. The van der Waals surface area contributed by atoms with E-state index in [-0.39, 0.29) is 12.1 Å². The van der Waals surface area contributed by atoms with Gasteiger partial charge >= 0.3 is 6.09 Å². The molecule has 0 aliphatic rings. The van der Waals surface area contributed by atoms with Crippen LogP contribution in [0, 0.1) is 5.92 Å². The van der Waals surface area contributed by atoms with Crippen LogP contribution >= 0.6 is 0 Å². The Labute approximate surface area is 87.2 Å². The van der Waals surface area contributed by atoms with Crippen molar-refractivity contribution in [1.29, 1.82) is 0 Å². The summed E-state index contributed by atoms with van der Waals surface area (Å²) < 4.78 is 5.14. The minimum Gasteiger partial charge on any atom is -0.444 e. The monoisotopic (exact) mass is 201 g/mol. The quantitative estimate of drug-likeness (QED) is 0.762. The van der Waals surface area contributed by atoms with E-state index >= 15 is 0 Å². The molecular formula is C11H23NO2. The highest BCUT2D eigenvalue weighted by Crippen LogP contribution is 2.08. The van der Waals surface area contributed by atoms with Gasteiger partial charge in [-0.05, 0) is 40.0 Å². The van der Waals surface area contributed by atoms with Crippen molar-refractivity contribution < 1.29 is 9.53 Å². The van der Waals surface area contributed by atoms with Crippen LogP contribution in [0.5, 0.6) is 0 Å². The number of alkyl carbamates (subject to hydrolysis) is 1. The molecule has 0 heterocycles. The van der Waals surface area contributed by atoms with E-state index in [9.17, 15) is 4.79 Å². The molecule has 0 saturated heterocycles. The van der Waals surface area contributed by atoms with Gasteiger partial charge in [-0.25, -0.2) is 4.79 Å². The third-order valence-corrected chi connectivity index (χ3v) is 1.59. The molecule has 14 heavy (non-hydrogen) atoms. The average molecular weight is 201 g/mol. The summed E-state index contributed by atoms with van der Waals surface area (Å²) in [4.78, 5) is 11.3. The van der Waals surface area contributed by atoms with Crippen LogP contribution in [0.15, 0.2) is 0 Å². The molecule has 0 saturated carbocycles. The van der Waals surface area contributed by atoms with E-state index in [4.69, 9.17) is 4.74 Å². The second kappa shape index (κ2) is 5.23. The maximum absolute atomic E-state index is 11.3. The minimum absolute atomic E-state index is 0.171. The largest absolute Gasteiger partial charge is 0.444 e. The predicted molar refractivity (Wildman–Crippen MR) is 58.3 cm³/mol. The number of amides is 1. The number of rotatable bonds is 3. The Bertz CT molecular complexity index is 182. The molecule has 3 heteroatoms. The van der Waals surface area contributed by atoms with Crippen molar-refractivity contribution in [2.75, 3.05) is 0 Å². The van der Waals surface area contributed by atoms with Gasteiger partial charge in [-0.2, -0.15) is 0 Å². The normalized spacial score (nSPS) is 13.9. The fourth-order valence-corrected chi connectivity index (χ4v) is 1.27. The van der Waals surface area contributed by atoms with E-state index in [2.05, 4.69) is 19.2 Å². The fourth-order valence-electron chi connectivity index (χ4n) is 1.27. The van der Waals surface area contributed by atoms with Gasteiger partial charge in [0.05, 0.1) is 0 Å². The Kier molecular flexibility index (Phi) is 4.95. The van der Waals surface area contributed by atoms with Crippen molar-refractivity contribution in [1.82, 2.24) is 5.32 Å². The number of hydrogen-bond donors (Lipinski definition) is 1. The van der Waals surface area contributed by atoms with Crippen molar-refractivity contribution in [2.24, 2.45) is 5.92 Å². The average Bonchev–Trinajstić information content (AvgIpc) is 1.77. The Hall–Kier alpha value is -0.730. The Morgan fingerprint density at radius 1 is 1.29 bits per heavy atom. The summed E-state index contributed by atoms with van der Waals surface area (Å²) >= 11 is 0. The van der Waals surface area contributed by atoms with E-state index < -0.39 is 5.60 Å². The molecule has 0 aromatic rings. The first-order chi connectivity index (χ1) is 6.20. The number of ether oxygens (including phenoxy) is 1. The van der Waals surface area contributed by atoms with Gasteiger partial charge in [0.15, 0.2) is 0 Å². The van der Waals surface area contributed by atoms with E-state index in [0.717, 1.165) is 6.42 Å². The lowest BCUT2D eigenvalue weighted by atomic mass is 10.1. The summed E-state index contributed by atoms with van der Waals surface area (Å²) in [6, 6.07) is 0.171. The highest BCUT2D eigenvalue weighted by molar-refractivity contribution is 5.67. The van der Waals surface area contributed by atoms with E-state index in [1.807, 2.05) is 27.7 Å². The van der Waals surface area contributed by atoms with Crippen LogP contribution in [0.2, 0.25) is 0 Å². The highest BCUT2D eigenvalue weighted by Gasteiger charge is 2.17. The zero-order valence-corrected chi connectivity index (χ0v) is 10.2. The minimum atomic E-state index is -0.415. The molecule has 0 unspecified atom stereocenters. The molecular weight excluding hydrogens is 178 g/mol. The van der Waals surface area contributed by atoms with Gasteiger partial charge in [-0.15, -0.1) is 0 Å². The Morgan fingerprint density at radius 2 is 1.79 bits per heavy atom. The van der Waals surface area contributed by atoms with Crippen LogP contribution in [0.25, 0.3) is 0 Å². The molecule has 1 atom stereocenters. The van der Waals surface area contributed by atoms with Gasteiger partial charge < -0.3 is 10.1 Å². The molecule has 0 spiro atoms.